The van der Waals surface area contributed by atoms with Crippen LogP contribution in [0.25, 0.3) is 0 Å². The number of nitrogens with one attached hydrogen (secondary N) is 2. The van der Waals surface area contributed by atoms with Crippen molar-refractivity contribution in [3.05, 3.63) is 34.5 Å². The maximum Gasteiger partial charge on any atom is 0.191 e. The SMILES string of the molecule is CCNC(=NCc1csc(C(C)(C)C)n1)NCCCn1cccn1. The third kappa shape index (κ3) is 5.96. The van der Waals surface area contributed by atoms with Crippen molar-refractivity contribution >= 4 is 17.3 Å². The second kappa shape index (κ2) is 8.82. The van der Waals surface area contributed by atoms with Gasteiger partial charge in [-0.15, -0.1) is 11.3 Å². The molecule has 0 saturated heterocycles. The Kier molecular flexibility index (Phi) is 6.78. The molecule has 0 aliphatic carbocycles. The minimum absolute atomic E-state index is 0.0991. The van der Waals surface area contributed by atoms with Gasteiger partial charge in [0.25, 0.3) is 0 Å². The van der Waals surface area contributed by atoms with Gasteiger partial charge in [0.1, 0.15) is 0 Å². The maximum atomic E-state index is 4.69. The molecule has 2 heterocycles. The van der Waals surface area contributed by atoms with Gasteiger partial charge in [0.05, 0.1) is 17.2 Å². The molecule has 2 aromatic heterocycles. The van der Waals surface area contributed by atoms with Crippen molar-refractivity contribution in [2.24, 2.45) is 4.99 Å². The molecule has 2 N–H and O–H groups in total. The fourth-order valence-electron chi connectivity index (χ4n) is 2.11. The molecule has 0 radical (unpaired) electrons. The number of hydrogen-bond acceptors (Lipinski definition) is 4. The van der Waals surface area contributed by atoms with Crippen LogP contribution in [0.4, 0.5) is 0 Å². The van der Waals surface area contributed by atoms with Crippen LogP contribution in [0.2, 0.25) is 0 Å². The quantitative estimate of drug-likeness (QED) is 0.459. The van der Waals surface area contributed by atoms with Crippen LogP contribution in [0.3, 0.4) is 0 Å². The van der Waals surface area contributed by atoms with Gasteiger partial charge < -0.3 is 10.6 Å². The number of thiazole rings is 1. The highest BCUT2D eigenvalue weighted by Gasteiger charge is 2.17. The van der Waals surface area contributed by atoms with Crippen LogP contribution in [0, 0.1) is 0 Å². The van der Waals surface area contributed by atoms with Crippen molar-refractivity contribution < 1.29 is 0 Å². The Labute approximate surface area is 148 Å². The predicted octanol–water partition coefficient (Wildman–Crippen LogP) is 2.78. The van der Waals surface area contributed by atoms with Gasteiger partial charge in [-0.05, 0) is 19.4 Å². The number of rotatable bonds is 7. The zero-order valence-corrected chi connectivity index (χ0v) is 15.9. The summed E-state index contributed by atoms with van der Waals surface area (Å²) >= 11 is 1.71. The standard InChI is InChI=1S/C17H28N6S/c1-5-18-16(19-8-6-10-23-11-7-9-21-23)20-12-14-13-24-15(22-14)17(2,3)4/h7,9,11,13H,5-6,8,10,12H2,1-4H3,(H2,18,19,20). The summed E-state index contributed by atoms with van der Waals surface area (Å²) < 4.78 is 1.94. The first-order chi connectivity index (χ1) is 11.5. The first-order valence-electron chi connectivity index (χ1n) is 8.43. The van der Waals surface area contributed by atoms with E-state index in [1.54, 1.807) is 17.5 Å². The molecule has 24 heavy (non-hydrogen) atoms. The lowest BCUT2D eigenvalue weighted by Crippen LogP contribution is -2.38. The summed E-state index contributed by atoms with van der Waals surface area (Å²) in [4.78, 5) is 9.32. The first kappa shape index (κ1) is 18.4. The van der Waals surface area contributed by atoms with Crippen molar-refractivity contribution in [1.82, 2.24) is 25.4 Å². The Hall–Kier alpha value is -1.89. The lowest BCUT2D eigenvalue weighted by atomic mass is 9.98. The van der Waals surface area contributed by atoms with Crippen LogP contribution >= 0.6 is 11.3 Å². The fourth-order valence-corrected chi connectivity index (χ4v) is 3.00. The van der Waals surface area contributed by atoms with Crippen LogP contribution in [0.15, 0.2) is 28.8 Å². The summed E-state index contributed by atoms with van der Waals surface area (Å²) in [5, 5.41) is 14.1. The number of aromatic nitrogens is 3. The Morgan fingerprint density at radius 1 is 1.33 bits per heavy atom. The highest BCUT2D eigenvalue weighted by atomic mass is 32.1. The van der Waals surface area contributed by atoms with Crippen molar-refractivity contribution in [1.29, 1.82) is 0 Å². The van der Waals surface area contributed by atoms with Crippen LogP contribution in [-0.4, -0.2) is 33.8 Å². The Bertz CT molecular complexity index is 624. The average Bonchev–Trinajstić information content (AvgIpc) is 3.19. The molecular formula is C17H28N6S. The summed E-state index contributed by atoms with van der Waals surface area (Å²) in [6.45, 7) is 11.8. The highest BCUT2D eigenvalue weighted by molar-refractivity contribution is 7.09. The molecule has 2 rings (SSSR count). The summed E-state index contributed by atoms with van der Waals surface area (Å²) in [5.74, 6) is 0.836. The van der Waals surface area contributed by atoms with Gasteiger partial charge >= 0.3 is 0 Å². The molecule has 7 heteroatoms. The van der Waals surface area contributed by atoms with Gasteiger partial charge in [0.15, 0.2) is 5.96 Å². The summed E-state index contributed by atoms with van der Waals surface area (Å²) in [6.07, 6.45) is 4.78. The monoisotopic (exact) mass is 348 g/mol. The van der Waals surface area contributed by atoms with Gasteiger partial charge in [0, 0.05) is 42.8 Å². The smallest absolute Gasteiger partial charge is 0.191 e. The Balaban J connectivity index is 1.82. The lowest BCUT2D eigenvalue weighted by Gasteiger charge is -2.13. The van der Waals surface area contributed by atoms with Gasteiger partial charge in [-0.25, -0.2) is 9.98 Å². The molecule has 0 bridgehead atoms. The maximum absolute atomic E-state index is 4.69. The molecule has 2 aromatic rings. The molecular weight excluding hydrogens is 320 g/mol. The molecule has 0 fully saturated rings. The third-order valence-electron chi connectivity index (χ3n) is 3.35. The van der Waals surface area contributed by atoms with E-state index in [1.807, 2.05) is 16.9 Å². The summed E-state index contributed by atoms with van der Waals surface area (Å²) in [5.41, 5.74) is 1.13. The van der Waals surface area contributed by atoms with E-state index in [-0.39, 0.29) is 5.41 Å². The minimum atomic E-state index is 0.0991. The molecule has 0 aliphatic rings. The van der Waals surface area contributed by atoms with E-state index >= 15 is 0 Å². The van der Waals surface area contributed by atoms with Crippen molar-refractivity contribution in [3.63, 3.8) is 0 Å². The molecule has 0 saturated carbocycles. The number of guanidine groups is 1. The second-order valence-corrected chi connectivity index (χ2v) is 7.50. The Morgan fingerprint density at radius 2 is 2.17 bits per heavy atom. The topological polar surface area (TPSA) is 67.1 Å². The van der Waals surface area contributed by atoms with Gasteiger partial charge in [0.2, 0.25) is 0 Å². The molecule has 0 aromatic carbocycles. The first-order valence-corrected chi connectivity index (χ1v) is 9.31. The van der Waals surface area contributed by atoms with E-state index in [0.717, 1.165) is 42.7 Å². The van der Waals surface area contributed by atoms with E-state index in [9.17, 15) is 0 Å². The molecule has 0 spiro atoms. The van der Waals surface area contributed by atoms with Crippen molar-refractivity contribution in [2.75, 3.05) is 13.1 Å². The van der Waals surface area contributed by atoms with Crippen LogP contribution < -0.4 is 10.6 Å². The second-order valence-electron chi connectivity index (χ2n) is 6.64. The van der Waals surface area contributed by atoms with Crippen LogP contribution in [0.5, 0.6) is 0 Å². The minimum Gasteiger partial charge on any atom is -0.357 e. The lowest BCUT2D eigenvalue weighted by molar-refractivity contribution is 0.570. The zero-order chi connectivity index (χ0) is 17.4. The van der Waals surface area contributed by atoms with Crippen LogP contribution in [0.1, 0.15) is 44.8 Å². The predicted molar refractivity (Wildman–Crippen MR) is 100 cm³/mol. The fraction of sp³-hybridized carbons (Fsp3) is 0.588. The number of aliphatic imine (C=N–C) groups is 1. The highest BCUT2D eigenvalue weighted by Crippen LogP contribution is 2.25. The number of hydrogen-bond donors (Lipinski definition) is 2. The number of aryl methyl sites for hydroxylation is 1. The van der Waals surface area contributed by atoms with Gasteiger partial charge in [-0.1, -0.05) is 20.8 Å². The molecule has 6 nitrogen and oxygen atoms in total. The molecule has 132 valence electrons. The van der Waals surface area contributed by atoms with E-state index in [2.05, 4.69) is 58.8 Å². The normalized spacial score (nSPS) is 12.4. The average molecular weight is 349 g/mol. The van der Waals surface area contributed by atoms with E-state index in [4.69, 9.17) is 0 Å². The van der Waals surface area contributed by atoms with E-state index in [0.29, 0.717) is 6.54 Å². The summed E-state index contributed by atoms with van der Waals surface area (Å²) in [6, 6.07) is 1.94. The number of nitrogens with zero attached hydrogens (tertiary/aromatic N) is 4. The van der Waals surface area contributed by atoms with Gasteiger partial charge in [-0.2, -0.15) is 5.10 Å². The summed E-state index contributed by atoms with van der Waals surface area (Å²) in [7, 11) is 0. The van der Waals surface area contributed by atoms with Crippen molar-refractivity contribution in [3.8, 4) is 0 Å². The molecule has 0 aliphatic heterocycles. The van der Waals surface area contributed by atoms with E-state index in [1.165, 1.54) is 0 Å². The molecule has 0 atom stereocenters. The van der Waals surface area contributed by atoms with Crippen molar-refractivity contribution in [2.45, 2.75) is 52.6 Å². The largest absolute Gasteiger partial charge is 0.357 e. The molecule has 0 unspecified atom stereocenters. The molecule has 0 amide bonds. The third-order valence-corrected chi connectivity index (χ3v) is 4.67. The van der Waals surface area contributed by atoms with E-state index < -0.39 is 0 Å². The van der Waals surface area contributed by atoms with Crippen LogP contribution in [-0.2, 0) is 18.5 Å². The van der Waals surface area contributed by atoms with Gasteiger partial charge in [-0.3, -0.25) is 4.68 Å². The zero-order valence-electron chi connectivity index (χ0n) is 15.0. The Morgan fingerprint density at radius 3 is 2.79 bits per heavy atom.